The van der Waals surface area contributed by atoms with Gasteiger partial charge in [-0.05, 0) is 18.7 Å². The molecule has 106 valence electrons. The van der Waals surface area contributed by atoms with Gasteiger partial charge in [-0.15, -0.1) is 0 Å². The molecule has 1 aliphatic heterocycles. The van der Waals surface area contributed by atoms with E-state index in [1.807, 2.05) is 30.2 Å². The van der Waals surface area contributed by atoms with Gasteiger partial charge >= 0.3 is 0 Å². The number of ether oxygens (including phenoxy) is 1. The summed E-state index contributed by atoms with van der Waals surface area (Å²) < 4.78 is 9.25. The Labute approximate surface area is 127 Å². The molecule has 2 heterocycles. The Bertz CT molecular complexity index is 611. The quantitative estimate of drug-likeness (QED) is 0.934. The summed E-state index contributed by atoms with van der Waals surface area (Å²) in [5.74, 6) is 0.947. The van der Waals surface area contributed by atoms with Crippen LogP contribution in [0.25, 0.3) is 0 Å². The van der Waals surface area contributed by atoms with E-state index in [1.165, 1.54) is 5.56 Å². The van der Waals surface area contributed by atoms with Crippen molar-refractivity contribution in [1.82, 2.24) is 14.9 Å². The topological polar surface area (TPSA) is 39.1 Å². The molecule has 0 saturated heterocycles. The first-order chi connectivity index (χ1) is 9.69. The second-order valence-electron chi connectivity index (χ2n) is 5.06. The normalized spacial score (nSPS) is 21.4. The molecule has 1 N–H and O–H groups in total. The van der Waals surface area contributed by atoms with E-state index in [9.17, 15) is 0 Å². The van der Waals surface area contributed by atoms with Crippen LogP contribution in [-0.4, -0.2) is 16.1 Å². The predicted molar refractivity (Wildman–Crippen MR) is 81.8 cm³/mol. The van der Waals surface area contributed by atoms with Gasteiger partial charge in [0, 0.05) is 29.5 Å². The Morgan fingerprint density at radius 1 is 1.50 bits per heavy atom. The van der Waals surface area contributed by atoms with Crippen LogP contribution in [0, 0.1) is 0 Å². The van der Waals surface area contributed by atoms with Crippen LogP contribution in [0.3, 0.4) is 0 Å². The summed E-state index contributed by atoms with van der Waals surface area (Å²) in [6, 6.07) is 6.56. The molecule has 0 amide bonds. The first-order valence-corrected chi connectivity index (χ1v) is 7.64. The highest BCUT2D eigenvalue weighted by atomic mass is 79.9. The highest BCUT2D eigenvalue weighted by Crippen LogP contribution is 2.41. The van der Waals surface area contributed by atoms with Crippen molar-refractivity contribution in [2.45, 2.75) is 25.5 Å². The van der Waals surface area contributed by atoms with Crippen LogP contribution in [0.1, 0.15) is 36.7 Å². The largest absolute Gasteiger partial charge is 0.484 e. The zero-order valence-electron chi connectivity index (χ0n) is 11.6. The van der Waals surface area contributed by atoms with E-state index < -0.39 is 0 Å². The number of hydrogen-bond donors (Lipinski definition) is 1. The summed E-state index contributed by atoms with van der Waals surface area (Å²) >= 11 is 3.51. The van der Waals surface area contributed by atoms with E-state index >= 15 is 0 Å². The summed E-state index contributed by atoms with van der Waals surface area (Å²) in [4.78, 5) is 4.19. The summed E-state index contributed by atoms with van der Waals surface area (Å²) in [6.07, 6.45) is 4.66. The summed E-state index contributed by atoms with van der Waals surface area (Å²) in [5, 5.41) is 3.55. The van der Waals surface area contributed by atoms with Crippen LogP contribution in [-0.2, 0) is 7.05 Å². The molecule has 0 radical (unpaired) electrons. The van der Waals surface area contributed by atoms with Crippen LogP contribution in [0.15, 0.2) is 35.2 Å². The standard InChI is InChI=1S/C15H18BrN3O/c1-3-18-12-7-15(13-8-17-9-19(13)2)20-14-6-10(16)4-5-11(12)14/h4-6,8-9,12,15,18H,3,7H2,1-2H3. The Kier molecular flexibility index (Phi) is 3.81. The smallest absolute Gasteiger partial charge is 0.142 e. The molecule has 2 aromatic rings. The number of benzene rings is 1. The van der Waals surface area contributed by atoms with Gasteiger partial charge in [0.1, 0.15) is 11.9 Å². The van der Waals surface area contributed by atoms with Crippen molar-refractivity contribution in [2.24, 2.45) is 7.05 Å². The number of imidazole rings is 1. The first kappa shape index (κ1) is 13.6. The third kappa shape index (κ3) is 2.47. The fourth-order valence-electron chi connectivity index (χ4n) is 2.74. The third-order valence-electron chi connectivity index (χ3n) is 3.70. The lowest BCUT2D eigenvalue weighted by Gasteiger charge is -2.32. The molecule has 2 atom stereocenters. The Balaban J connectivity index is 1.97. The van der Waals surface area contributed by atoms with Crippen LogP contribution in [0.2, 0.25) is 0 Å². The fourth-order valence-corrected chi connectivity index (χ4v) is 3.08. The fraction of sp³-hybridized carbons (Fsp3) is 0.400. The monoisotopic (exact) mass is 335 g/mol. The molecule has 0 bridgehead atoms. The molecule has 4 nitrogen and oxygen atoms in total. The molecule has 1 aromatic heterocycles. The van der Waals surface area contributed by atoms with Crippen LogP contribution >= 0.6 is 15.9 Å². The number of rotatable bonds is 3. The number of nitrogens with zero attached hydrogens (tertiary/aromatic N) is 2. The van der Waals surface area contributed by atoms with Crippen molar-refractivity contribution in [3.63, 3.8) is 0 Å². The SMILES string of the molecule is CCNC1CC(c2cncn2C)Oc2cc(Br)ccc21. The summed E-state index contributed by atoms with van der Waals surface area (Å²) in [6.45, 7) is 3.07. The van der Waals surface area contributed by atoms with E-state index in [4.69, 9.17) is 4.74 Å². The number of aromatic nitrogens is 2. The van der Waals surface area contributed by atoms with Gasteiger partial charge in [-0.25, -0.2) is 4.98 Å². The maximum Gasteiger partial charge on any atom is 0.142 e. The van der Waals surface area contributed by atoms with Crippen LogP contribution in [0.4, 0.5) is 0 Å². The number of hydrogen-bond acceptors (Lipinski definition) is 3. The lowest BCUT2D eigenvalue weighted by Crippen LogP contribution is -2.29. The van der Waals surface area contributed by atoms with Gasteiger partial charge in [-0.2, -0.15) is 0 Å². The highest BCUT2D eigenvalue weighted by molar-refractivity contribution is 9.10. The van der Waals surface area contributed by atoms with Gasteiger partial charge in [-0.1, -0.05) is 28.9 Å². The van der Waals surface area contributed by atoms with E-state index in [1.54, 1.807) is 0 Å². The molecule has 0 fully saturated rings. The molecule has 3 rings (SSSR count). The van der Waals surface area contributed by atoms with Gasteiger partial charge < -0.3 is 14.6 Å². The summed E-state index contributed by atoms with van der Waals surface area (Å²) in [5.41, 5.74) is 2.34. The van der Waals surface area contributed by atoms with Crippen molar-refractivity contribution in [2.75, 3.05) is 6.54 Å². The van der Waals surface area contributed by atoms with Crippen molar-refractivity contribution >= 4 is 15.9 Å². The second kappa shape index (κ2) is 5.58. The molecule has 1 aromatic carbocycles. The lowest BCUT2D eigenvalue weighted by atomic mass is 9.95. The molecule has 0 aliphatic carbocycles. The van der Waals surface area contributed by atoms with Crippen LogP contribution < -0.4 is 10.1 Å². The van der Waals surface area contributed by atoms with Gasteiger partial charge in [0.2, 0.25) is 0 Å². The number of nitrogens with one attached hydrogen (secondary N) is 1. The minimum Gasteiger partial charge on any atom is -0.484 e. The first-order valence-electron chi connectivity index (χ1n) is 6.84. The molecular weight excluding hydrogens is 318 g/mol. The van der Waals surface area contributed by atoms with Gasteiger partial charge in [-0.3, -0.25) is 0 Å². The van der Waals surface area contributed by atoms with E-state index in [0.29, 0.717) is 6.04 Å². The maximum absolute atomic E-state index is 6.18. The van der Waals surface area contributed by atoms with Crippen LogP contribution in [0.5, 0.6) is 5.75 Å². The van der Waals surface area contributed by atoms with E-state index in [0.717, 1.165) is 28.9 Å². The Morgan fingerprint density at radius 3 is 3.05 bits per heavy atom. The molecule has 0 spiro atoms. The van der Waals surface area contributed by atoms with Gasteiger partial charge in [0.15, 0.2) is 0 Å². The van der Waals surface area contributed by atoms with Gasteiger partial charge in [0.05, 0.1) is 18.2 Å². The molecule has 2 unspecified atom stereocenters. The molecule has 20 heavy (non-hydrogen) atoms. The molecule has 5 heteroatoms. The number of aryl methyl sites for hydroxylation is 1. The van der Waals surface area contributed by atoms with Crippen molar-refractivity contribution in [1.29, 1.82) is 0 Å². The maximum atomic E-state index is 6.18. The minimum absolute atomic E-state index is 0.0355. The second-order valence-corrected chi connectivity index (χ2v) is 5.98. The van der Waals surface area contributed by atoms with Gasteiger partial charge in [0.25, 0.3) is 0 Å². The van der Waals surface area contributed by atoms with Crippen molar-refractivity contribution in [3.8, 4) is 5.75 Å². The average molecular weight is 336 g/mol. The van der Waals surface area contributed by atoms with Crippen molar-refractivity contribution < 1.29 is 4.74 Å². The van der Waals surface area contributed by atoms with Crippen molar-refractivity contribution in [3.05, 3.63) is 46.5 Å². The Hall–Kier alpha value is -1.33. The Morgan fingerprint density at radius 2 is 2.35 bits per heavy atom. The van der Waals surface area contributed by atoms with E-state index in [-0.39, 0.29) is 6.10 Å². The lowest BCUT2D eigenvalue weighted by molar-refractivity contribution is 0.145. The molecular formula is C15H18BrN3O. The zero-order chi connectivity index (χ0) is 14.1. The highest BCUT2D eigenvalue weighted by Gasteiger charge is 2.30. The molecule has 0 saturated carbocycles. The molecule has 1 aliphatic rings. The summed E-state index contributed by atoms with van der Waals surface area (Å²) in [7, 11) is 2.00. The number of fused-ring (bicyclic) bond motifs is 1. The average Bonchev–Trinajstić information content (AvgIpc) is 2.84. The van der Waals surface area contributed by atoms with E-state index in [2.05, 4.69) is 45.3 Å². The third-order valence-corrected chi connectivity index (χ3v) is 4.20. The number of halogens is 1. The predicted octanol–water partition coefficient (Wildman–Crippen LogP) is 3.36. The zero-order valence-corrected chi connectivity index (χ0v) is 13.2. The minimum atomic E-state index is 0.0355.